The standard InChI is InChI=1S/C14H24N2/c1-12(2)7-9-16-8-3-4-14(16)11-15-10-13-5-6-13/h3-4,8,12-13,15H,5-7,9-11H2,1-2H3. The summed E-state index contributed by atoms with van der Waals surface area (Å²) < 4.78 is 2.39. The molecule has 0 saturated heterocycles. The van der Waals surface area contributed by atoms with Gasteiger partial charge in [-0.1, -0.05) is 13.8 Å². The van der Waals surface area contributed by atoms with Crippen molar-refractivity contribution >= 4 is 0 Å². The number of nitrogens with one attached hydrogen (secondary N) is 1. The fourth-order valence-corrected chi connectivity index (χ4v) is 1.95. The van der Waals surface area contributed by atoms with Crippen LogP contribution in [0.1, 0.15) is 38.8 Å². The fourth-order valence-electron chi connectivity index (χ4n) is 1.95. The molecule has 2 nitrogen and oxygen atoms in total. The Hall–Kier alpha value is -0.760. The van der Waals surface area contributed by atoms with Crippen LogP contribution in [-0.2, 0) is 13.1 Å². The van der Waals surface area contributed by atoms with E-state index in [1.54, 1.807) is 0 Å². The Morgan fingerprint density at radius 1 is 1.44 bits per heavy atom. The first kappa shape index (κ1) is 11.7. The van der Waals surface area contributed by atoms with Crippen LogP contribution >= 0.6 is 0 Å². The van der Waals surface area contributed by atoms with Gasteiger partial charge in [-0.15, -0.1) is 0 Å². The molecule has 1 aromatic heterocycles. The molecule has 0 bridgehead atoms. The molecule has 1 aliphatic carbocycles. The highest BCUT2D eigenvalue weighted by Crippen LogP contribution is 2.27. The molecule has 0 spiro atoms. The summed E-state index contributed by atoms with van der Waals surface area (Å²) in [5.41, 5.74) is 1.43. The molecule has 0 unspecified atom stereocenters. The van der Waals surface area contributed by atoms with Crippen LogP contribution in [-0.4, -0.2) is 11.1 Å². The van der Waals surface area contributed by atoms with E-state index in [0.717, 1.165) is 24.9 Å². The first-order chi connectivity index (χ1) is 7.75. The maximum atomic E-state index is 3.56. The minimum absolute atomic E-state index is 0.787. The van der Waals surface area contributed by atoms with E-state index in [2.05, 4.69) is 42.1 Å². The molecule has 1 aliphatic rings. The van der Waals surface area contributed by atoms with Crippen molar-refractivity contribution in [3.8, 4) is 0 Å². The van der Waals surface area contributed by atoms with Crippen LogP contribution in [0.2, 0.25) is 0 Å². The molecule has 90 valence electrons. The predicted molar refractivity (Wildman–Crippen MR) is 68.3 cm³/mol. The zero-order valence-corrected chi connectivity index (χ0v) is 10.6. The normalized spacial score (nSPS) is 15.9. The Bertz CT molecular complexity index is 310. The van der Waals surface area contributed by atoms with Crippen molar-refractivity contribution in [2.24, 2.45) is 11.8 Å². The monoisotopic (exact) mass is 220 g/mol. The second kappa shape index (κ2) is 5.53. The molecule has 1 N–H and O–H groups in total. The molecular weight excluding hydrogens is 196 g/mol. The van der Waals surface area contributed by atoms with Gasteiger partial charge in [0.25, 0.3) is 0 Å². The van der Waals surface area contributed by atoms with Gasteiger partial charge in [-0.3, -0.25) is 0 Å². The van der Waals surface area contributed by atoms with E-state index < -0.39 is 0 Å². The van der Waals surface area contributed by atoms with Gasteiger partial charge in [0.05, 0.1) is 0 Å². The summed E-state index contributed by atoms with van der Waals surface area (Å²) in [5.74, 6) is 1.76. The van der Waals surface area contributed by atoms with E-state index in [1.165, 1.54) is 31.5 Å². The number of nitrogens with zero attached hydrogens (tertiary/aromatic N) is 1. The lowest BCUT2D eigenvalue weighted by Gasteiger charge is -2.11. The van der Waals surface area contributed by atoms with Crippen molar-refractivity contribution in [3.63, 3.8) is 0 Å². The van der Waals surface area contributed by atoms with Crippen LogP contribution in [0.3, 0.4) is 0 Å². The summed E-state index contributed by atoms with van der Waals surface area (Å²) >= 11 is 0. The number of hydrogen-bond donors (Lipinski definition) is 1. The summed E-state index contributed by atoms with van der Waals surface area (Å²) in [5, 5.41) is 3.56. The van der Waals surface area contributed by atoms with Crippen LogP contribution in [0.25, 0.3) is 0 Å². The smallest absolute Gasteiger partial charge is 0.0359 e. The second-order valence-corrected chi connectivity index (χ2v) is 5.45. The molecule has 1 fully saturated rings. The van der Waals surface area contributed by atoms with Crippen LogP contribution in [0.5, 0.6) is 0 Å². The SMILES string of the molecule is CC(C)CCn1cccc1CNCC1CC1. The molecule has 0 amide bonds. The lowest BCUT2D eigenvalue weighted by atomic mass is 10.1. The Morgan fingerprint density at radius 3 is 2.94 bits per heavy atom. The maximum Gasteiger partial charge on any atom is 0.0359 e. The van der Waals surface area contributed by atoms with Crippen LogP contribution < -0.4 is 5.32 Å². The Balaban J connectivity index is 1.75. The topological polar surface area (TPSA) is 17.0 Å². The van der Waals surface area contributed by atoms with Crippen molar-refractivity contribution < 1.29 is 0 Å². The van der Waals surface area contributed by atoms with Crippen LogP contribution in [0.4, 0.5) is 0 Å². The third-order valence-electron chi connectivity index (χ3n) is 3.31. The highest BCUT2D eigenvalue weighted by molar-refractivity contribution is 5.07. The van der Waals surface area contributed by atoms with Gasteiger partial charge < -0.3 is 9.88 Å². The van der Waals surface area contributed by atoms with Gasteiger partial charge in [-0.25, -0.2) is 0 Å². The Kier molecular flexibility index (Phi) is 4.05. The van der Waals surface area contributed by atoms with Crippen molar-refractivity contribution in [1.82, 2.24) is 9.88 Å². The third kappa shape index (κ3) is 3.67. The van der Waals surface area contributed by atoms with Crippen molar-refractivity contribution in [1.29, 1.82) is 0 Å². The molecular formula is C14H24N2. The number of rotatable bonds is 7. The summed E-state index contributed by atoms with van der Waals surface area (Å²) in [6.07, 6.45) is 6.34. The molecule has 1 heterocycles. The zero-order valence-electron chi connectivity index (χ0n) is 10.6. The van der Waals surface area contributed by atoms with Gasteiger partial charge >= 0.3 is 0 Å². The fraction of sp³-hybridized carbons (Fsp3) is 0.714. The van der Waals surface area contributed by atoms with Crippen LogP contribution in [0, 0.1) is 11.8 Å². The molecule has 2 heteroatoms. The van der Waals surface area contributed by atoms with Gasteiger partial charge in [0, 0.05) is 25.0 Å². The largest absolute Gasteiger partial charge is 0.350 e. The van der Waals surface area contributed by atoms with E-state index in [0.29, 0.717) is 0 Å². The molecule has 0 aliphatic heterocycles. The maximum absolute atomic E-state index is 3.56. The molecule has 2 rings (SSSR count). The van der Waals surface area contributed by atoms with Gasteiger partial charge in [-0.05, 0) is 49.8 Å². The summed E-state index contributed by atoms with van der Waals surface area (Å²) in [6, 6.07) is 4.40. The van der Waals surface area contributed by atoms with Gasteiger partial charge in [0.1, 0.15) is 0 Å². The highest BCUT2D eigenvalue weighted by atomic mass is 15.0. The molecule has 0 atom stereocenters. The lowest BCUT2D eigenvalue weighted by Crippen LogP contribution is -2.18. The molecule has 0 radical (unpaired) electrons. The number of hydrogen-bond acceptors (Lipinski definition) is 1. The molecule has 1 saturated carbocycles. The van der Waals surface area contributed by atoms with Gasteiger partial charge in [0.2, 0.25) is 0 Å². The highest BCUT2D eigenvalue weighted by Gasteiger charge is 2.20. The van der Waals surface area contributed by atoms with Crippen LogP contribution in [0.15, 0.2) is 18.3 Å². The summed E-state index contributed by atoms with van der Waals surface area (Å²) in [6.45, 7) is 7.96. The average Bonchev–Trinajstić information content (AvgIpc) is 2.95. The lowest BCUT2D eigenvalue weighted by molar-refractivity contribution is 0.500. The van der Waals surface area contributed by atoms with E-state index in [1.807, 2.05) is 0 Å². The predicted octanol–water partition coefficient (Wildman–Crippen LogP) is 3.03. The van der Waals surface area contributed by atoms with Crippen molar-refractivity contribution in [2.45, 2.75) is 46.2 Å². The minimum atomic E-state index is 0.787. The Labute approximate surface area is 99.0 Å². The van der Waals surface area contributed by atoms with Crippen molar-refractivity contribution in [2.75, 3.05) is 6.54 Å². The average molecular weight is 220 g/mol. The Morgan fingerprint density at radius 2 is 2.25 bits per heavy atom. The van der Waals surface area contributed by atoms with E-state index in [-0.39, 0.29) is 0 Å². The van der Waals surface area contributed by atoms with Gasteiger partial charge in [0.15, 0.2) is 0 Å². The zero-order chi connectivity index (χ0) is 11.4. The first-order valence-electron chi connectivity index (χ1n) is 6.60. The van der Waals surface area contributed by atoms with E-state index >= 15 is 0 Å². The number of aryl methyl sites for hydroxylation is 1. The summed E-state index contributed by atoms with van der Waals surface area (Å²) in [4.78, 5) is 0. The third-order valence-corrected chi connectivity index (χ3v) is 3.31. The molecule has 1 aromatic rings. The molecule has 16 heavy (non-hydrogen) atoms. The quantitative estimate of drug-likeness (QED) is 0.747. The molecule has 0 aromatic carbocycles. The first-order valence-corrected chi connectivity index (χ1v) is 6.60. The summed E-state index contributed by atoms with van der Waals surface area (Å²) in [7, 11) is 0. The van der Waals surface area contributed by atoms with E-state index in [9.17, 15) is 0 Å². The van der Waals surface area contributed by atoms with E-state index in [4.69, 9.17) is 0 Å². The minimum Gasteiger partial charge on any atom is -0.350 e. The van der Waals surface area contributed by atoms with Crippen molar-refractivity contribution in [3.05, 3.63) is 24.0 Å². The van der Waals surface area contributed by atoms with Gasteiger partial charge in [-0.2, -0.15) is 0 Å². The number of aromatic nitrogens is 1. The second-order valence-electron chi connectivity index (χ2n) is 5.45.